The molecule has 0 aromatic rings. The van der Waals surface area contributed by atoms with E-state index in [1.165, 1.54) is 0 Å². The second kappa shape index (κ2) is 2.77. The van der Waals surface area contributed by atoms with Crippen molar-refractivity contribution in [2.75, 3.05) is 0 Å². The third kappa shape index (κ3) is 1.58. The molecule has 4 heteroatoms. The fraction of sp³-hybridized carbons (Fsp3) is 0. The normalized spacial score (nSPS) is 15.5. The molecule has 0 saturated carbocycles. The van der Waals surface area contributed by atoms with E-state index in [-0.39, 0.29) is 21.1 Å². The van der Waals surface area contributed by atoms with Crippen LogP contribution in [0.15, 0.2) is 12.2 Å². The van der Waals surface area contributed by atoms with Crippen molar-refractivity contribution < 1.29 is 35.4 Å². The number of hydrogen-bond donors (Lipinski definition) is 0. The summed E-state index contributed by atoms with van der Waals surface area (Å²) in [6.07, 6.45) is 2.17. The molecule has 0 aliphatic carbocycles. The maximum atomic E-state index is 9.92. The molecule has 0 saturated heterocycles. The molecular weight excluding hydrogens is 280 g/mol. The van der Waals surface area contributed by atoms with Crippen LogP contribution in [0.4, 0.5) is 0 Å². The predicted molar refractivity (Wildman–Crippen MR) is 20.2 cm³/mol. The van der Waals surface area contributed by atoms with Crippen LogP contribution in [0.3, 0.4) is 0 Å². The number of rotatable bonds is 0. The van der Waals surface area contributed by atoms with Gasteiger partial charge in [-0.1, -0.05) is 0 Å². The molecule has 0 bridgehead atoms. The van der Waals surface area contributed by atoms with Crippen LogP contribution in [0, 0.1) is 0 Å². The second-order valence-corrected chi connectivity index (χ2v) is 1.07. The summed E-state index contributed by atoms with van der Waals surface area (Å²) in [5.74, 6) is -1.16. The van der Waals surface area contributed by atoms with Crippen LogP contribution in [0.5, 0.6) is 0 Å². The first-order chi connectivity index (χ1) is 3.29. The quantitative estimate of drug-likeness (QED) is 0.449. The molecule has 3 nitrogen and oxygen atoms in total. The average molecular weight is 282 g/mol. The number of cyclic esters (lactones) is 2. The Bertz CT molecular complexity index is 133. The van der Waals surface area contributed by atoms with Gasteiger partial charge in [-0.25, -0.2) is 9.59 Å². The summed E-state index contributed by atoms with van der Waals surface area (Å²) in [7, 11) is 0. The molecule has 0 aromatic carbocycles. The Morgan fingerprint density at radius 1 is 1.12 bits per heavy atom. The van der Waals surface area contributed by atoms with Gasteiger partial charge in [-0.3, -0.25) is 0 Å². The monoisotopic (exact) mass is 282 g/mol. The molecule has 1 heterocycles. The third-order valence-corrected chi connectivity index (χ3v) is 0.557. The van der Waals surface area contributed by atoms with Crippen molar-refractivity contribution in [2.45, 2.75) is 0 Å². The van der Waals surface area contributed by atoms with Gasteiger partial charge in [0.05, 0.1) is 0 Å². The summed E-state index contributed by atoms with van der Waals surface area (Å²) >= 11 is 0. The van der Waals surface area contributed by atoms with E-state index >= 15 is 0 Å². The Morgan fingerprint density at radius 2 is 1.50 bits per heavy atom. The van der Waals surface area contributed by atoms with Crippen LogP contribution >= 0.6 is 0 Å². The van der Waals surface area contributed by atoms with Gasteiger partial charge < -0.3 is 4.74 Å². The molecule has 0 spiro atoms. The number of carbonyl (C=O) groups is 2. The Labute approximate surface area is 60.0 Å². The Balaban J connectivity index is 0.000000490. The first-order valence-electron chi connectivity index (χ1n) is 1.73. The molecule has 0 unspecified atom stereocenters. The summed E-state index contributed by atoms with van der Waals surface area (Å²) < 4.78 is 3.97. The van der Waals surface area contributed by atoms with E-state index in [2.05, 4.69) is 4.74 Å². The molecule has 1 aliphatic heterocycles. The van der Waals surface area contributed by atoms with E-state index in [1.54, 1.807) is 0 Å². The minimum atomic E-state index is -0.579. The molecule has 8 heavy (non-hydrogen) atoms. The molecule has 0 amide bonds. The summed E-state index contributed by atoms with van der Waals surface area (Å²) in [6, 6.07) is 0. The van der Waals surface area contributed by atoms with Crippen LogP contribution in [0.25, 0.3) is 0 Å². The second-order valence-electron chi connectivity index (χ2n) is 1.07. The number of ether oxygens (including phenoxy) is 1. The van der Waals surface area contributed by atoms with Crippen LogP contribution in [-0.2, 0) is 35.4 Å². The van der Waals surface area contributed by atoms with Crippen molar-refractivity contribution in [1.29, 1.82) is 0 Å². The number of carbonyl (C=O) groups excluding carboxylic acids is 2. The molecule has 0 N–H and O–H groups in total. The summed E-state index contributed by atoms with van der Waals surface area (Å²) in [5.41, 5.74) is 0. The van der Waals surface area contributed by atoms with Gasteiger partial charge in [-0.15, -0.1) is 0 Å². The van der Waals surface area contributed by atoms with Crippen molar-refractivity contribution >= 4 is 11.9 Å². The van der Waals surface area contributed by atoms with Gasteiger partial charge in [0.2, 0.25) is 0 Å². The van der Waals surface area contributed by atoms with E-state index < -0.39 is 11.9 Å². The van der Waals surface area contributed by atoms with Gasteiger partial charge >= 0.3 is 11.9 Å². The first-order valence-corrected chi connectivity index (χ1v) is 1.73. The zero-order valence-electron chi connectivity index (χ0n) is 3.79. The largest absolute Gasteiger partial charge is 0.387 e. The first kappa shape index (κ1) is 7.57. The van der Waals surface area contributed by atoms with Gasteiger partial charge in [0.1, 0.15) is 0 Å². The topological polar surface area (TPSA) is 43.4 Å². The van der Waals surface area contributed by atoms with E-state index in [4.69, 9.17) is 0 Å². The molecule has 1 rings (SSSR count). The predicted octanol–water partition coefficient (Wildman–Crippen LogP) is -0.377. The zero-order valence-corrected chi connectivity index (χ0v) is 6.72. The minimum Gasteiger partial charge on any atom is -0.387 e. The fourth-order valence-electron chi connectivity index (χ4n) is 0.303. The maximum Gasteiger partial charge on any atom is 0.338 e. The number of esters is 2. The molecule has 0 atom stereocenters. The summed E-state index contributed by atoms with van der Waals surface area (Å²) in [6.45, 7) is 0. The molecular formula is C4H2O3W. The van der Waals surface area contributed by atoms with Gasteiger partial charge in [0.25, 0.3) is 0 Å². The van der Waals surface area contributed by atoms with Gasteiger partial charge in [0.15, 0.2) is 0 Å². The minimum absolute atomic E-state index is 0. The Hall–Kier alpha value is -0.432. The Kier molecular flexibility index (Phi) is 2.62. The van der Waals surface area contributed by atoms with Crippen molar-refractivity contribution in [3.63, 3.8) is 0 Å². The van der Waals surface area contributed by atoms with E-state index in [9.17, 15) is 9.59 Å². The zero-order chi connectivity index (χ0) is 5.28. The van der Waals surface area contributed by atoms with Gasteiger partial charge in [-0.2, -0.15) is 0 Å². The van der Waals surface area contributed by atoms with Gasteiger partial charge in [0, 0.05) is 33.2 Å². The van der Waals surface area contributed by atoms with E-state index in [0.29, 0.717) is 0 Å². The Morgan fingerprint density at radius 3 is 1.62 bits per heavy atom. The summed E-state index contributed by atoms with van der Waals surface area (Å²) in [4.78, 5) is 19.8. The molecule has 0 radical (unpaired) electrons. The molecule has 42 valence electrons. The van der Waals surface area contributed by atoms with Crippen LogP contribution in [0.1, 0.15) is 0 Å². The van der Waals surface area contributed by atoms with E-state index in [1.807, 2.05) is 0 Å². The fourth-order valence-corrected chi connectivity index (χ4v) is 0.303. The van der Waals surface area contributed by atoms with E-state index in [0.717, 1.165) is 12.2 Å². The van der Waals surface area contributed by atoms with Crippen molar-refractivity contribution in [2.24, 2.45) is 0 Å². The van der Waals surface area contributed by atoms with Crippen molar-refractivity contribution in [1.82, 2.24) is 0 Å². The summed E-state index contributed by atoms with van der Waals surface area (Å²) in [5, 5.41) is 0. The molecule has 0 fully saturated rings. The van der Waals surface area contributed by atoms with Crippen molar-refractivity contribution in [3.05, 3.63) is 12.2 Å². The van der Waals surface area contributed by atoms with Crippen LogP contribution in [-0.4, -0.2) is 11.9 Å². The molecule has 1 aliphatic rings. The average Bonchev–Trinajstić information content (AvgIpc) is 1.87. The SMILES string of the molecule is O=C1C=CC(=O)O1.[W]. The van der Waals surface area contributed by atoms with Crippen LogP contribution < -0.4 is 0 Å². The third-order valence-electron chi connectivity index (χ3n) is 0.557. The maximum absolute atomic E-state index is 9.92. The standard InChI is InChI=1S/C4H2O3.W/c5-3-1-2-4(6)7-3;/h1-2H;. The smallest absolute Gasteiger partial charge is 0.338 e. The van der Waals surface area contributed by atoms with Gasteiger partial charge in [-0.05, 0) is 0 Å². The molecule has 0 aromatic heterocycles. The van der Waals surface area contributed by atoms with Crippen LogP contribution in [0.2, 0.25) is 0 Å². The van der Waals surface area contributed by atoms with Crippen molar-refractivity contribution in [3.8, 4) is 0 Å². The number of hydrogen-bond acceptors (Lipinski definition) is 3.